The Labute approximate surface area is 200 Å². The minimum Gasteiger partial charge on any atom is -0.457 e. The molecule has 1 saturated carbocycles. The highest BCUT2D eigenvalue weighted by molar-refractivity contribution is 6.31. The number of ether oxygens (including phenoxy) is 2. The van der Waals surface area contributed by atoms with E-state index in [1.54, 1.807) is 48.5 Å². The van der Waals surface area contributed by atoms with Crippen molar-refractivity contribution in [3.05, 3.63) is 81.9 Å². The van der Waals surface area contributed by atoms with Crippen molar-refractivity contribution in [1.82, 2.24) is 0 Å². The number of hydrogen-bond acceptors (Lipinski definition) is 6. The zero-order valence-corrected chi connectivity index (χ0v) is 18.9. The van der Waals surface area contributed by atoms with E-state index in [9.17, 15) is 19.2 Å². The molecule has 2 aromatic rings. The van der Waals surface area contributed by atoms with Gasteiger partial charge in [-0.25, -0.2) is 0 Å². The first kappa shape index (κ1) is 23.2. The Morgan fingerprint density at radius 2 is 1.03 bits per heavy atom. The van der Waals surface area contributed by atoms with Crippen LogP contribution < -0.4 is 0 Å². The quantitative estimate of drug-likeness (QED) is 0.308. The van der Waals surface area contributed by atoms with Gasteiger partial charge >= 0.3 is 11.9 Å². The molecule has 33 heavy (non-hydrogen) atoms. The monoisotopic (exact) mass is 486 g/mol. The molecule has 4 rings (SSSR count). The van der Waals surface area contributed by atoms with E-state index in [0.29, 0.717) is 27.6 Å². The van der Waals surface area contributed by atoms with Gasteiger partial charge in [-0.1, -0.05) is 35.4 Å². The summed E-state index contributed by atoms with van der Waals surface area (Å²) in [5.41, 5.74) is 0.744. The predicted molar refractivity (Wildman–Crippen MR) is 121 cm³/mol. The second-order valence-corrected chi connectivity index (χ2v) is 8.95. The number of esters is 2. The molecule has 4 unspecified atom stereocenters. The summed E-state index contributed by atoms with van der Waals surface area (Å²) in [6, 6.07) is 12.5. The number of allylic oxidation sites excluding steroid dienone is 2. The van der Waals surface area contributed by atoms with Crippen molar-refractivity contribution in [2.24, 2.45) is 23.7 Å². The number of Topliss-reactive ketones (excluding diaryl/α,β-unsaturated/α-hetero) is 2. The van der Waals surface area contributed by atoms with Crippen LogP contribution in [0.2, 0.25) is 10.0 Å². The summed E-state index contributed by atoms with van der Waals surface area (Å²) < 4.78 is 10.5. The summed E-state index contributed by atoms with van der Waals surface area (Å²) in [6.45, 7) is -0.871. The zero-order chi connectivity index (χ0) is 23.5. The largest absolute Gasteiger partial charge is 0.457 e. The molecule has 0 aromatic heterocycles. The first-order chi connectivity index (χ1) is 15.8. The second kappa shape index (κ2) is 9.89. The SMILES string of the molecule is O=C(COC(=O)C1C2C=CC(C2)C1C(=O)OCC(=O)c1ccc(Cl)cc1)c1ccc(Cl)cc1. The van der Waals surface area contributed by atoms with Gasteiger partial charge in [-0.05, 0) is 66.8 Å². The average Bonchev–Trinajstić information content (AvgIpc) is 3.43. The molecular weight excluding hydrogens is 467 g/mol. The van der Waals surface area contributed by atoms with Gasteiger partial charge in [0.2, 0.25) is 0 Å². The van der Waals surface area contributed by atoms with E-state index in [1.165, 1.54) is 0 Å². The third-order valence-corrected chi connectivity index (χ3v) is 6.53. The Morgan fingerprint density at radius 3 is 1.39 bits per heavy atom. The van der Waals surface area contributed by atoms with Crippen LogP contribution in [0.25, 0.3) is 0 Å². The minimum atomic E-state index is -0.754. The van der Waals surface area contributed by atoms with Crippen LogP contribution in [0.1, 0.15) is 27.1 Å². The van der Waals surface area contributed by atoms with Crippen molar-refractivity contribution in [1.29, 1.82) is 0 Å². The molecule has 170 valence electrons. The lowest BCUT2D eigenvalue weighted by atomic mass is 9.83. The third kappa shape index (κ3) is 5.18. The standard InChI is InChI=1S/C25H20Cl2O6/c26-18-7-3-14(4-8-18)20(28)12-32-24(30)22-16-1-2-17(11-16)23(22)25(31)33-13-21(29)15-5-9-19(27)10-6-15/h1-10,16-17,22-23H,11-13H2. The fourth-order valence-electron chi connectivity index (χ4n) is 4.37. The molecule has 6 nitrogen and oxygen atoms in total. The Hall–Kier alpha value is -2.96. The van der Waals surface area contributed by atoms with E-state index in [2.05, 4.69) is 0 Å². The van der Waals surface area contributed by atoms with Crippen LogP contribution in [-0.2, 0) is 19.1 Å². The van der Waals surface area contributed by atoms with E-state index in [4.69, 9.17) is 32.7 Å². The molecule has 1 fully saturated rings. The van der Waals surface area contributed by atoms with Crippen LogP contribution in [0.4, 0.5) is 0 Å². The molecule has 0 heterocycles. The predicted octanol–water partition coefficient (Wildman–Crippen LogP) is 4.58. The summed E-state index contributed by atoms with van der Waals surface area (Å²) in [6.07, 6.45) is 4.40. The van der Waals surface area contributed by atoms with Gasteiger partial charge in [0.25, 0.3) is 0 Å². The van der Waals surface area contributed by atoms with Crippen LogP contribution in [-0.4, -0.2) is 36.7 Å². The van der Waals surface area contributed by atoms with Gasteiger partial charge in [-0.15, -0.1) is 0 Å². The van der Waals surface area contributed by atoms with E-state index < -0.39 is 37.0 Å². The van der Waals surface area contributed by atoms with Gasteiger partial charge in [0.05, 0.1) is 11.8 Å². The van der Waals surface area contributed by atoms with Gasteiger partial charge in [0, 0.05) is 21.2 Å². The highest BCUT2D eigenvalue weighted by Gasteiger charge is 2.53. The maximum absolute atomic E-state index is 12.8. The molecule has 2 bridgehead atoms. The normalized spacial score (nSPS) is 22.7. The van der Waals surface area contributed by atoms with Crippen molar-refractivity contribution in [3.8, 4) is 0 Å². The summed E-state index contributed by atoms with van der Waals surface area (Å²) >= 11 is 11.6. The van der Waals surface area contributed by atoms with E-state index in [0.717, 1.165) is 0 Å². The fraction of sp³-hybridized carbons (Fsp3) is 0.280. The molecule has 2 aliphatic carbocycles. The van der Waals surface area contributed by atoms with Gasteiger partial charge < -0.3 is 9.47 Å². The maximum Gasteiger partial charge on any atom is 0.310 e. The van der Waals surface area contributed by atoms with Crippen LogP contribution in [0, 0.1) is 23.7 Å². The van der Waals surface area contributed by atoms with Crippen LogP contribution in [0.5, 0.6) is 0 Å². The molecular formula is C25H20Cl2O6. The van der Waals surface area contributed by atoms with Crippen LogP contribution >= 0.6 is 23.2 Å². The first-order valence-corrected chi connectivity index (χ1v) is 11.2. The zero-order valence-electron chi connectivity index (χ0n) is 17.4. The Morgan fingerprint density at radius 1 is 0.667 bits per heavy atom. The maximum atomic E-state index is 12.8. The number of rotatable bonds is 8. The molecule has 2 aliphatic rings. The number of carbonyl (C=O) groups excluding carboxylic acids is 4. The summed E-state index contributed by atoms with van der Waals surface area (Å²) in [7, 11) is 0. The molecule has 0 radical (unpaired) electrons. The Kier molecular flexibility index (Phi) is 6.96. The molecule has 8 heteroatoms. The van der Waals surface area contributed by atoms with E-state index in [-0.39, 0.29) is 23.4 Å². The molecule has 4 atom stereocenters. The lowest BCUT2D eigenvalue weighted by Crippen LogP contribution is -2.36. The van der Waals surface area contributed by atoms with Gasteiger partial charge in [0.1, 0.15) is 0 Å². The Balaban J connectivity index is 1.36. The molecule has 0 amide bonds. The van der Waals surface area contributed by atoms with E-state index >= 15 is 0 Å². The van der Waals surface area contributed by atoms with E-state index in [1.807, 2.05) is 12.2 Å². The van der Waals surface area contributed by atoms with Gasteiger partial charge in [-0.2, -0.15) is 0 Å². The lowest BCUT2D eigenvalue weighted by molar-refractivity contribution is -0.160. The summed E-state index contributed by atoms with van der Waals surface area (Å²) in [4.78, 5) is 50.3. The number of fused-ring (bicyclic) bond motifs is 2. The second-order valence-electron chi connectivity index (χ2n) is 8.08. The van der Waals surface area contributed by atoms with Crippen molar-refractivity contribution >= 4 is 46.7 Å². The molecule has 2 aromatic carbocycles. The number of ketones is 2. The minimum absolute atomic E-state index is 0.169. The molecule has 0 saturated heterocycles. The highest BCUT2D eigenvalue weighted by Crippen LogP contribution is 2.49. The summed E-state index contributed by atoms with van der Waals surface area (Å²) in [5.74, 6) is -3.83. The van der Waals surface area contributed by atoms with Crippen LogP contribution in [0.15, 0.2) is 60.7 Å². The highest BCUT2D eigenvalue weighted by atomic mass is 35.5. The topological polar surface area (TPSA) is 86.7 Å². The smallest absolute Gasteiger partial charge is 0.310 e. The molecule has 0 N–H and O–H groups in total. The number of benzene rings is 2. The molecule has 0 aliphatic heterocycles. The summed E-state index contributed by atoms with van der Waals surface area (Å²) in [5, 5.41) is 0.987. The van der Waals surface area contributed by atoms with Crippen molar-refractivity contribution in [2.75, 3.05) is 13.2 Å². The first-order valence-electron chi connectivity index (χ1n) is 10.4. The fourth-order valence-corrected chi connectivity index (χ4v) is 4.62. The van der Waals surface area contributed by atoms with Gasteiger partial charge in [0.15, 0.2) is 24.8 Å². The molecule has 0 spiro atoms. The van der Waals surface area contributed by atoms with Crippen molar-refractivity contribution in [2.45, 2.75) is 6.42 Å². The average molecular weight is 487 g/mol. The lowest BCUT2D eigenvalue weighted by Gasteiger charge is -2.24. The number of hydrogen-bond donors (Lipinski definition) is 0. The third-order valence-electron chi connectivity index (χ3n) is 6.03. The van der Waals surface area contributed by atoms with Crippen molar-refractivity contribution in [3.63, 3.8) is 0 Å². The number of carbonyl (C=O) groups is 4. The number of halogens is 2. The van der Waals surface area contributed by atoms with Gasteiger partial charge in [-0.3, -0.25) is 19.2 Å². The Bertz CT molecular complexity index is 1020. The van der Waals surface area contributed by atoms with Crippen LogP contribution in [0.3, 0.4) is 0 Å². The van der Waals surface area contributed by atoms with Crippen molar-refractivity contribution < 1.29 is 28.7 Å².